The van der Waals surface area contributed by atoms with Crippen LogP contribution in [0.2, 0.25) is 5.02 Å². The average molecular weight is 519 g/mol. The second-order valence-electron chi connectivity index (χ2n) is 8.38. The van der Waals surface area contributed by atoms with E-state index in [1.54, 1.807) is 18.2 Å². The molecule has 8 heteroatoms. The molecule has 0 aliphatic heterocycles. The molecule has 3 aromatic carbocycles. The highest BCUT2D eigenvalue weighted by atomic mass is 35.5. The van der Waals surface area contributed by atoms with E-state index in [-0.39, 0.29) is 16.3 Å². The van der Waals surface area contributed by atoms with Crippen LogP contribution in [0.15, 0.2) is 83.5 Å². The Hall–Kier alpha value is -3.94. The maximum absolute atomic E-state index is 13.6. The molecule has 5 aromatic rings. The molecule has 6 nitrogen and oxygen atoms in total. The van der Waals surface area contributed by atoms with Crippen molar-refractivity contribution in [3.05, 3.63) is 101 Å². The third kappa shape index (κ3) is 6.07. The molecule has 5 rings (SSSR count). The van der Waals surface area contributed by atoms with E-state index in [0.29, 0.717) is 18.1 Å². The van der Waals surface area contributed by atoms with Crippen molar-refractivity contribution < 1.29 is 16.3 Å². The van der Waals surface area contributed by atoms with Crippen molar-refractivity contribution in [2.75, 3.05) is 11.9 Å². The molecule has 0 amide bonds. The zero-order valence-electron chi connectivity index (χ0n) is 22.1. The first-order chi connectivity index (χ1) is 18.8. The molecule has 0 unspecified atom stereocenters. The highest BCUT2D eigenvalue weighted by Gasteiger charge is 2.11. The third-order valence-electron chi connectivity index (χ3n) is 5.61. The van der Waals surface area contributed by atoms with E-state index in [4.69, 9.17) is 23.5 Å². The Kier molecular flexibility index (Phi) is 6.87. The van der Waals surface area contributed by atoms with Gasteiger partial charge in [-0.05, 0) is 79.2 Å². The van der Waals surface area contributed by atoms with Crippen molar-refractivity contribution in [2.45, 2.75) is 26.4 Å². The van der Waals surface area contributed by atoms with E-state index in [2.05, 4.69) is 27.5 Å². The Labute approximate surface area is 222 Å². The molecule has 2 heterocycles. The summed E-state index contributed by atoms with van der Waals surface area (Å²) in [5, 5.41) is 7.56. The van der Waals surface area contributed by atoms with Crippen LogP contribution in [0.5, 0.6) is 5.75 Å². The lowest BCUT2D eigenvalue weighted by Gasteiger charge is -2.12. The van der Waals surface area contributed by atoms with Gasteiger partial charge in [0.1, 0.15) is 41.8 Å². The number of aromatic nitrogens is 2. The van der Waals surface area contributed by atoms with Gasteiger partial charge in [-0.25, -0.2) is 14.4 Å². The number of benzene rings is 3. The second-order valence-corrected chi connectivity index (χ2v) is 8.79. The summed E-state index contributed by atoms with van der Waals surface area (Å²) < 4.78 is 41.6. The normalized spacial score (nSPS) is 12.3. The van der Waals surface area contributed by atoms with Gasteiger partial charge in [-0.3, -0.25) is 0 Å². The highest BCUT2D eigenvalue weighted by molar-refractivity contribution is 6.32. The Morgan fingerprint density at radius 3 is 2.81 bits per heavy atom. The number of anilines is 2. The predicted molar refractivity (Wildman–Crippen MR) is 145 cm³/mol. The van der Waals surface area contributed by atoms with Gasteiger partial charge >= 0.3 is 0 Å². The van der Waals surface area contributed by atoms with Crippen LogP contribution in [-0.2, 0) is 13.1 Å². The Balaban J connectivity index is 1.37. The molecule has 0 fully saturated rings. The number of furan rings is 1. The maximum Gasteiger partial charge on any atom is 0.141 e. The summed E-state index contributed by atoms with van der Waals surface area (Å²) in [4.78, 5) is 8.79. The van der Waals surface area contributed by atoms with Crippen LogP contribution >= 0.6 is 11.6 Å². The Morgan fingerprint density at radius 1 is 1.05 bits per heavy atom. The zero-order chi connectivity index (χ0) is 27.4. The van der Waals surface area contributed by atoms with Gasteiger partial charge in [0.05, 0.1) is 19.8 Å². The second kappa shape index (κ2) is 11.4. The lowest BCUT2D eigenvalue weighted by Crippen LogP contribution is -2.12. The fraction of sp³-hybridized carbons (Fsp3) is 0.172. The molecule has 0 aliphatic carbocycles. The van der Waals surface area contributed by atoms with Gasteiger partial charge in [0.2, 0.25) is 0 Å². The van der Waals surface area contributed by atoms with E-state index in [1.807, 2.05) is 30.3 Å². The van der Waals surface area contributed by atoms with Gasteiger partial charge in [0.15, 0.2) is 0 Å². The van der Waals surface area contributed by atoms with Crippen molar-refractivity contribution in [3.8, 4) is 17.1 Å². The van der Waals surface area contributed by atoms with Crippen LogP contribution < -0.4 is 15.4 Å². The summed E-state index contributed by atoms with van der Waals surface area (Å²) in [6.07, 6.45) is 2.53. The monoisotopic (exact) mass is 518 g/mol. The lowest BCUT2D eigenvalue weighted by molar-refractivity contribution is 0.306. The van der Waals surface area contributed by atoms with Gasteiger partial charge < -0.3 is 19.8 Å². The number of nitrogens with one attached hydrogen (secondary N) is 2. The zero-order valence-corrected chi connectivity index (χ0v) is 20.8. The minimum atomic E-state index is -2.28. The average Bonchev–Trinajstić information content (AvgIpc) is 3.39. The van der Waals surface area contributed by atoms with E-state index in [0.717, 1.165) is 47.0 Å². The molecule has 188 valence electrons. The molecule has 0 saturated heterocycles. The molecular weight excluding hydrogens is 491 g/mol. The molecule has 0 atom stereocenters. The molecule has 0 radical (unpaired) electrons. The first-order valence-corrected chi connectivity index (χ1v) is 12.3. The fourth-order valence-electron chi connectivity index (χ4n) is 3.79. The van der Waals surface area contributed by atoms with Gasteiger partial charge in [-0.2, -0.15) is 0 Å². The molecule has 0 saturated carbocycles. The Bertz CT molecular complexity index is 1610. The molecule has 0 bridgehead atoms. The topological polar surface area (TPSA) is 72.2 Å². The van der Waals surface area contributed by atoms with Crippen LogP contribution in [0, 0.1) is 5.82 Å². The third-order valence-corrected chi connectivity index (χ3v) is 5.90. The number of rotatable bonds is 10. The van der Waals surface area contributed by atoms with Crippen molar-refractivity contribution in [1.29, 1.82) is 0 Å². The predicted octanol–water partition coefficient (Wildman–Crippen LogP) is 7.50. The molecular formula is C29H26ClFN4O2. The first kappa shape index (κ1) is 22.3. The summed E-state index contributed by atoms with van der Waals surface area (Å²) in [5.74, 6) is 1.74. The summed E-state index contributed by atoms with van der Waals surface area (Å²) in [6.45, 7) is 1.43. The summed E-state index contributed by atoms with van der Waals surface area (Å²) >= 11 is 6.44. The molecule has 0 spiro atoms. The van der Waals surface area contributed by atoms with E-state index < -0.39 is 12.4 Å². The van der Waals surface area contributed by atoms with Gasteiger partial charge in [0, 0.05) is 16.6 Å². The van der Waals surface area contributed by atoms with Crippen LogP contribution in [0.4, 0.5) is 15.9 Å². The van der Waals surface area contributed by atoms with Crippen molar-refractivity contribution >= 4 is 34.0 Å². The quantitative estimate of drug-likeness (QED) is 0.186. The molecule has 0 aliphatic rings. The fourth-order valence-corrected chi connectivity index (χ4v) is 4.01. The minimum Gasteiger partial charge on any atom is -0.487 e. The smallest absolute Gasteiger partial charge is 0.141 e. The number of ether oxygens (including phenoxy) is 1. The van der Waals surface area contributed by atoms with E-state index in [1.165, 1.54) is 24.5 Å². The van der Waals surface area contributed by atoms with Crippen molar-refractivity contribution in [2.24, 2.45) is 0 Å². The summed E-state index contributed by atoms with van der Waals surface area (Å²) in [5.41, 5.74) is 2.31. The standard InChI is InChI=1S/C29H26ClFN4O2/c1-2-12-32-16-23-8-11-27(37-23)20-6-9-26-24(14-20)29(34-18-33-26)35-22-7-10-28(25(30)15-22)36-17-19-4-3-5-21(31)13-19/h3-11,13-15,18,32H,2,12,16-17H2,1H3,(H,33,34,35)/i17D2. The van der Waals surface area contributed by atoms with Crippen molar-refractivity contribution in [1.82, 2.24) is 15.3 Å². The molecule has 2 aromatic heterocycles. The van der Waals surface area contributed by atoms with Gasteiger partial charge in [-0.15, -0.1) is 0 Å². The minimum absolute atomic E-state index is 0.0462. The number of hydrogen-bond donors (Lipinski definition) is 2. The SMILES string of the molecule is [2H]C([2H])(Oc1ccc(Nc2ncnc3ccc(-c4ccc(CNCCC)o4)cc23)cc1Cl)c1cccc(F)c1. The highest BCUT2D eigenvalue weighted by Crippen LogP contribution is 2.32. The van der Waals surface area contributed by atoms with Crippen molar-refractivity contribution in [3.63, 3.8) is 0 Å². The first-order valence-electron chi connectivity index (χ1n) is 12.9. The largest absolute Gasteiger partial charge is 0.487 e. The Morgan fingerprint density at radius 2 is 1.97 bits per heavy atom. The van der Waals surface area contributed by atoms with Crippen LogP contribution in [-0.4, -0.2) is 16.5 Å². The van der Waals surface area contributed by atoms with E-state index in [9.17, 15) is 4.39 Å². The number of halogens is 2. The summed E-state index contributed by atoms with van der Waals surface area (Å²) in [6, 6.07) is 19.8. The summed E-state index contributed by atoms with van der Waals surface area (Å²) in [7, 11) is 0. The van der Waals surface area contributed by atoms with Crippen LogP contribution in [0.3, 0.4) is 0 Å². The molecule has 37 heavy (non-hydrogen) atoms. The number of nitrogens with zero attached hydrogens (tertiary/aromatic N) is 2. The lowest BCUT2D eigenvalue weighted by atomic mass is 10.1. The van der Waals surface area contributed by atoms with Gasteiger partial charge in [0.25, 0.3) is 0 Å². The maximum atomic E-state index is 13.6. The van der Waals surface area contributed by atoms with Crippen LogP contribution in [0.25, 0.3) is 22.2 Å². The number of hydrogen-bond acceptors (Lipinski definition) is 6. The molecule has 2 N–H and O–H groups in total. The van der Waals surface area contributed by atoms with E-state index >= 15 is 0 Å². The van der Waals surface area contributed by atoms with Gasteiger partial charge in [-0.1, -0.05) is 30.7 Å². The van der Waals surface area contributed by atoms with Crippen LogP contribution in [0.1, 0.15) is 27.4 Å². The number of fused-ring (bicyclic) bond motifs is 1.